The highest BCUT2D eigenvalue weighted by Gasteiger charge is 2.30. The lowest BCUT2D eigenvalue weighted by molar-refractivity contribution is 0.207. The first-order valence-electron chi connectivity index (χ1n) is 7.95. The Morgan fingerprint density at radius 3 is 2.65 bits per heavy atom. The monoisotopic (exact) mass is 312 g/mol. The highest BCUT2D eigenvalue weighted by atomic mass is 19.1. The van der Waals surface area contributed by atoms with Gasteiger partial charge in [0.25, 0.3) is 0 Å². The van der Waals surface area contributed by atoms with E-state index in [0.717, 1.165) is 41.8 Å². The molecule has 1 fully saturated rings. The number of hydrogen-bond donors (Lipinski definition) is 1. The molecule has 0 bridgehead atoms. The summed E-state index contributed by atoms with van der Waals surface area (Å²) in [6, 6.07) is 12.4. The minimum atomic E-state index is -0.252. The minimum Gasteiger partial charge on any atom is -0.317 e. The van der Waals surface area contributed by atoms with Crippen molar-refractivity contribution >= 4 is 11.7 Å². The Morgan fingerprint density at radius 1 is 1.17 bits per heavy atom. The zero-order valence-electron chi connectivity index (χ0n) is 13.5. The van der Waals surface area contributed by atoms with Crippen LogP contribution in [0.5, 0.6) is 0 Å². The first-order chi connectivity index (χ1) is 11.0. The maximum atomic E-state index is 13.1. The van der Waals surface area contributed by atoms with Gasteiger partial charge in [-0.3, -0.25) is 0 Å². The molecule has 1 N–H and O–H groups in total. The minimum absolute atomic E-state index is 0.0146. The van der Waals surface area contributed by atoms with E-state index in [0.29, 0.717) is 0 Å². The number of anilines is 1. The number of rotatable bonds is 2. The summed E-state index contributed by atoms with van der Waals surface area (Å²) < 4.78 is 13.1. The molecule has 0 spiro atoms. The van der Waals surface area contributed by atoms with Crippen molar-refractivity contribution in [1.82, 2.24) is 4.90 Å². The van der Waals surface area contributed by atoms with Gasteiger partial charge < -0.3 is 10.2 Å². The van der Waals surface area contributed by atoms with Crippen molar-refractivity contribution in [2.24, 2.45) is 0 Å². The van der Waals surface area contributed by atoms with Crippen LogP contribution in [0, 0.1) is 19.7 Å². The molecular weight excluding hydrogens is 291 g/mol. The molecule has 1 atom stereocenters. The lowest BCUT2D eigenvalue weighted by atomic mass is 10.0. The summed E-state index contributed by atoms with van der Waals surface area (Å²) in [7, 11) is 0. The quantitative estimate of drug-likeness (QED) is 0.848. The van der Waals surface area contributed by atoms with E-state index in [9.17, 15) is 9.18 Å². The van der Waals surface area contributed by atoms with Crippen LogP contribution in [-0.2, 0) is 0 Å². The molecule has 1 aliphatic rings. The van der Waals surface area contributed by atoms with Crippen molar-refractivity contribution in [3.8, 4) is 0 Å². The lowest BCUT2D eigenvalue weighted by Crippen LogP contribution is -2.34. The second kappa shape index (κ2) is 6.41. The highest BCUT2D eigenvalue weighted by Crippen LogP contribution is 2.32. The molecule has 1 saturated heterocycles. The molecule has 3 nitrogen and oxygen atoms in total. The molecule has 2 aromatic rings. The van der Waals surface area contributed by atoms with Crippen molar-refractivity contribution in [3.63, 3.8) is 0 Å². The van der Waals surface area contributed by atoms with Crippen molar-refractivity contribution < 1.29 is 9.18 Å². The van der Waals surface area contributed by atoms with E-state index in [1.54, 1.807) is 12.1 Å². The molecule has 1 aliphatic heterocycles. The van der Waals surface area contributed by atoms with E-state index >= 15 is 0 Å². The third kappa shape index (κ3) is 3.36. The Kier molecular flexibility index (Phi) is 4.33. The SMILES string of the molecule is Cc1ccc(C)c(NC(=O)N2CCC[C@@H]2c2ccc(F)cc2)c1. The van der Waals surface area contributed by atoms with Crippen LogP contribution >= 0.6 is 0 Å². The van der Waals surface area contributed by atoms with Gasteiger partial charge in [0.2, 0.25) is 0 Å². The molecule has 1 heterocycles. The summed E-state index contributed by atoms with van der Waals surface area (Å²) in [4.78, 5) is 14.5. The molecule has 4 heteroatoms. The molecular formula is C19H21FN2O. The first kappa shape index (κ1) is 15.5. The zero-order chi connectivity index (χ0) is 16.4. The summed E-state index contributed by atoms with van der Waals surface area (Å²) in [5.41, 5.74) is 3.99. The summed E-state index contributed by atoms with van der Waals surface area (Å²) in [6.45, 7) is 4.71. The van der Waals surface area contributed by atoms with Crippen LogP contribution in [0.4, 0.5) is 14.9 Å². The van der Waals surface area contributed by atoms with E-state index in [-0.39, 0.29) is 17.9 Å². The first-order valence-corrected chi connectivity index (χ1v) is 7.95. The smallest absolute Gasteiger partial charge is 0.317 e. The fourth-order valence-electron chi connectivity index (χ4n) is 3.10. The summed E-state index contributed by atoms with van der Waals surface area (Å²) in [5, 5.41) is 3.02. The lowest BCUT2D eigenvalue weighted by Gasteiger charge is -2.26. The van der Waals surface area contributed by atoms with Gasteiger partial charge in [-0.2, -0.15) is 0 Å². The van der Waals surface area contributed by atoms with Crippen molar-refractivity contribution in [1.29, 1.82) is 0 Å². The number of benzene rings is 2. The molecule has 0 saturated carbocycles. The van der Waals surface area contributed by atoms with E-state index in [1.807, 2.05) is 36.9 Å². The van der Waals surface area contributed by atoms with E-state index in [2.05, 4.69) is 5.32 Å². The van der Waals surface area contributed by atoms with E-state index in [4.69, 9.17) is 0 Å². The standard InChI is InChI=1S/C19H21FN2O/c1-13-5-6-14(2)17(12-13)21-19(23)22-11-3-4-18(22)15-7-9-16(20)10-8-15/h5-10,12,18H,3-4,11H2,1-2H3,(H,21,23)/t18-/m1/s1. The van der Waals surface area contributed by atoms with Gasteiger partial charge in [-0.25, -0.2) is 9.18 Å². The van der Waals surface area contributed by atoms with Gasteiger partial charge >= 0.3 is 6.03 Å². The van der Waals surface area contributed by atoms with Gasteiger partial charge in [0, 0.05) is 12.2 Å². The largest absolute Gasteiger partial charge is 0.322 e. The predicted octanol–water partition coefficient (Wildman–Crippen LogP) is 4.81. The van der Waals surface area contributed by atoms with Crippen molar-refractivity contribution in [3.05, 3.63) is 65.0 Å². The van der Waals surface area contributed by atoms with Crippen LogP contribution in [-0.4, -0.2) is 17.5 Å². The van der Waals surface area contributed by atoms with E-state index in [1.165, 1.54) is 12.1 Å². The highest BCUT2D eigenvalue weighted by molar-refractivity contribution is 5.90. The van der Waals surface area contributed by atoms with Crippen LogP contribution in [0.25, 0.3) is 0 Å². The average Bonchev–Trinajstić information content (AvgIpc) is 3.01. The number of hydrogen-bond acceptors (Lipinski definition) is 1. The zero-order valence-corrected chi connectivity index (χ0v) is 13.5. The number of aryl methyl sites for hydroxylation is 2. The Bertz CT molecular complexity index is 712. The van der Waals surface area contributed by atoms with Crippen LogP contribution < -0.4 is 5.32 Å². The van der Waals surface area contributed by atoms with Gasteiger partial charge in [-0.15, -0.1) is 0 Å². The second-order valence-electron chi connectivity index (χ2n) is 6.15. The number of halogens is 1. The number of carbonyl (C=O) groups is 1. The number of likely N-dealkylation sites (tertiary alicyclic amines) is 1. The Morgan fingerprint density at radius 2 is 1.91 bits per heavy atom. The Balaban J connectivity index is 1.78. The van der Waals surface area contributed by atoms with E-state index < -0.39 is 0 Å². The number of nitrogens with one attached hydrogen (secondary N) is 1. The topological polar surface area (TPSA) is 32.3 Å². The maximum absolute atomic E-state index is 13.1. The fraction of sp³-hybridized carbons (Fsp3) is 0.316. The number of nitrogens with zero attached hydrogens (tertiary/aromatic N) is 1. The predicted molar refractivity (Wildman–Crippen MR) is 90.0 cm³/mol. The number of carbonyl (C=O) groups excluding carboxylic acids is 1. The molecule has 2 aromatic carbocycles. The van der Waals surface area contributed by atoms with Gasteiger partial charge in [0.05, 0.1) is 6.04 Å². The molecule has 0 radical (unpaired) electrons. The van der Waals surface area contributed by atoms with Crippen molar-refractivity contribution in [2.45, 2.75) is 32.7 Å². The third-order valence-corrected chi connectivity index (χ3v) is 4.40. The molecule has 23 heavy (non-hydrogen) atoms. The fourth-order valence-corrected chi connectivity index (χ4v) is 3.10. The number of urea groups is 1. The van der Waals surface area contributed by atoms with Crippen LogP contribution in [0.15, 0.2) is 42.5 Å². The molecule has 0 aromatic heterocycles. The Labute approximate surface area is 136 Å². The van der Waals surface area contributed by atoms with Gasteiger partial charge in [-0.05, 0) is 61.6 Å². The van der Waals surface area contributed by atoms with Crippen LogP contribution in [0.1, 0.15) is 35.6 Å². The molecule has 2 amide bonds. The molecule has 0 unspecified atom stereocenters. The molecule has 3 rings (SSSR count). The van der Waals surface area contributed by atoms with Crippen molar-refractivity contribution in [2.75, 3.05) is 11.9 Å². The van der Waals surface area contributed by atoms with Gasteiger partial charge in [-0.1, -0.05) is 24.3 Å². The van der Waals surface area contributed by atoms with Crippen LogP contribution in [0.2, 0.25) is 0 Å². The molecule has 0 aliphatic carbocycles. The van der Waals surface area contributed by atoms with Gasteiger partial charge in [0.15, 0.2) is 0 Å². The average molecular weight is 312 g/mol. The van der Waals surface area contributed by atoms with Crippen LogP contribution in [0.3, 0.4) is 0 Å². The number of amides is 2. The second-order valence-corrected chi connectivity index (χ2v) is 6.15. The summed E-state index contributed by atoms with van der Waals surface area (Å²) in [6.07, 6.45) is 1.87. The maximum Gasteiger partial charge on any atom is 0.322 e. The normalized spacial score (nSPS) is 17.3. The third-order valence-electron chi connectivity index (χ3n) is 4.40. The summed E-state index contributed by atoms with van der Waals surface area (Å²) in [5.74, 6) is -0.252. The molecule has 120 valence electrons. The Hall–Kier alpha value is -2.36. The summed E-state index contributed by atoms with van der Waals surface area (Å²) >= 11 is 0. The van der Waals surface area contributed by atoms with Gasteiger partial charge in [0.1, 0.15) is 5.82 Å².